The van der Waals surface area contributed by atoms with E-state index in [1.165, 1.54) is 10.9 Å². The van der Waals surface area contributed by atoms with Crippen LogP contribution >= 0.6 is 0 Å². The molecule has 1 aliphatic heterocycles. The number of sulfone groups is 1. The largest absolute Gasteiger partial charge is 0.354 e. The molecule has 0 radical (unpaired) electrons. The number of aromatic amines is 1. The first kappa shape index (κ1) is 19.2. The summed E-state index contributed by atoms with van der Waals surface area (Å²) in [5.74, 6) is 1.07. The molecular weight excluding hydrogens is 368 g/mol. The fourth-order valence-electron chi connectivity index (χ4n) is 4.29. The Balaban J connectivity index is 1.76. The summed E-state index contributed by atoms with van der Waals surface area (Å²) in [6.45, 7) is 6.05. The summed E-state index contributed by atoms with van der Waals surface area (Å²) >= 11 is 0. The number of rotatable bonds is 6. The highest BCUT2D eigenvalue weighted by Gasteiger charge is 2.33. The summed E-state index contributed by atoms with van der Waals surface area (Å²) in [5, 5.41) is 1.22. The van der Waals surface area contributed by atoms with E-state index in [1.54, 1.807) is 0 Å². The number of nitrogens with one attached hydrogen (secondary N) is 1. The van der Waals surface area contributed by atoms with Crippen LogP contribution < -0.4 is 0 Å². The van der Waals surface area contributed by atoms with Crippen LogP contribution in [0.2, 0.25) is 0 Å². The number of H-pyrrole nitrogens is 1. The topological polar surface area (TPSA) is 53.2 Å². The molecule has 0 spiro atoms. The van der Waals surface area contributed by atoms with Gasteiger partial charge in [-0.05, 0) is 29.5 Å². The maximum absolute atomic E-state index is 12.1. The highest BCUT2D eigenvalue weighted by Crippen LogP contribution is 2.33. The van der Waals surface area contributed by atoms with Crippen LogP contribution in [0.25, 0.3) is 22.2 Å². The van der Waals surface area contributed by atoms with Crippen molar-refractivity contribution in [2.75, 3.05) is 18.1 Å². The Morgan fingerprint density at radius 2 is 1.79 bits per heavy atom. The fourth-order valence-corrected chi connectivity index (χ4v) is 6.06. The zero-order valence-electron chi connectivity index (χ0n) is 16.6. The van der Waals surface area contributed by atoms with Gasteiger partial charge in [-0.1, -0.05) is 62.4 Å². The molecule has 1 saturated heterocycles. The Kier molecular flexibility index (Phi) is 5.30. The summed E-state index contributed by atoms with van der Waals surface area (Å²) in [6, 6.07) is 18.9. The fraction of sp³-hybridized carbons (Fsp3) is 0.391. The Morgan fingerprint density at radius 3 is 2.46 bits per heavy atom. The highest BCUT2D eigenvalue weighted by molar-refractivity contribution is 7.91. The van der Waals surface area contributed by atoms with Crippen molar-refractivity contribution in [2.24, 2.45) is 5.92 Å². The maximum atomic E-state index is 12.1. The summed E-state index contributed by atoms with van der Waals surface area (Å²) in [4.78, 5) is 5.99. The van der Waals surface area contributed by atoms with Crippen LogP contribution in [0.5, 0.6) is 0 Å². The SMILES string of the molecule is CC(C)CN(Cc1c(-c2ccccc2)[nH]c2ccccc12)C1CCS(=O)(=O)C1. The van der Waals surface area contributed by atoms with Crippen molar-refractivity contribution < 1.29 is 8.42 Å². The smallest absolute Gasteiger partial charge is 0.151 e. The minimum atomic E-state index is -2.91. The van der Waals surface area contributed by atoms with E-state index in [9.17, 15) is 8.42 Å². The molecule has 4 rings (SSSR count). The Hall–Kier alpha value is -2.11. The molecule has 1 aromatic heterocycles. The predicted molar refractivity (Wildman–Crippen MR) is 116 cm³/mol. The van der Waals surface area contributed by atoms with Crippen LogP contribution in [0, 0.1) is 5.92 Å². The van der Waals surface area contributed by atoms with Gasteiger partial charge in [0.15, 0.2) is 9.84 Å². The zero-order valence-corrected chi connectivity index (χ0v) is 17.4. The molecule has 1 atom stereocenters. The third kappa shape index (κ3) is 4.01. The third-order valence-electron chi connectivity index (χ3n) is 5.56. The first-order chi connectivity index (χ1) is 13.4. The minimum Gasteiger partial charge on any atom is -0.354 e. The lowest BCUT2D eigenvalue weighted by atomic mass is 10.0. The number of para-hydroxylation sites is 1. The maximum Gasteiger partial charge on any atom is 0.151 e. The van der Waals surface area contributed by atoms with Gasteiger partial charge < -0.3 is 4.98 Å². The van der Waals surface area contributed by atoms with Crippen LogP contribution in [0.1, 0.15) is 25.8 Å². The Morgan fingerprint density at radius 1 is 1.07 bits per heavy atom. The van der Waals surface area contributed by atoms with Crippen molar-refractivity contribution >= 4 is 20.7 Å². The standard InChI is InChI=1S/C23H28N2O2S/c1-17(2)14-25(19-12-13-28(26,27)16-19)15-21-20-10-6-7-11-22(20)24-23(21)18-8-4-3-5-9-18/h3-11,17,19,24H,12-16H2,1-2H3. The summed E-state index contributed by atoms with van der Waals surface area (Å²) in [6.07, 6.45) is 0.734. The molecular formula is C23H28N2O2S. The van der Waals surface area contributed by atoms with Crippen LogP contribution in [0.4, 0.5) is 0 Å². The van der Waals surface area contributed by atoms with Crippen molar-refractivity contribution in [1.82, 2.24) is 9.88 Å². The van der Waals surface area contributed by atoms with Crippen LogP contribution in [0.3, 0.4) is 0 Å². The summed E-state index contributed by atoms with van der Waals surface area (Å²) in [5.41, 5.74) is 4.68. The monoisotopic (exact) mass is 396 g/mol. The van der Waals surface area contributed by atoms with Gasteiger partial charge in [-0.2, -0.15) is 0 Å². The lowest BCUT2D eigenvalue weighted by molar-refractivity contribution is 0.182. The average Bonchev–Trinajstić information content (AvgIpc) is 3.22. The van der Waals surface area contributed by atoms with E-state index in [0.29, 0.717) is 11.7 Å². The van der Waals surface area contributed by atoms with Crippen molar-refractivity contribution in [3.8, 4) is 11.3 Å². The van der Waals surface area contributed by atoms with Gasteiger partial charge in [0.05, 0.1) is 17.2 Å². The van der Waals surface area contributed by atoms with Gasteiger partial charge in [0.2, 0.25) is 0 Å². The molecule has 2 aromatic carbocycles. The van der Waals surface area contributed by atoms with E-state index >= 15 is 0 Å². The third-order valence-corrected chi connectivity index (χ3v) is 7.31. The number of nitrogens with zero attached hydrogens (tertiary/aromatic N) is 1. The van der Waals surface area contributed by atoms with Gasteiger partial charge in [-0.25, -0.2) is 8.42 Å². The molecule has 1 unspecified atom stereocenters. The van der Waals surface area contributed by atoms with E-state index in [0.717, 1.165) is 36.3 Å². The molecule has 0 saturated carbocycles. The Bertz CT molecular complexity index is 1050. The van der Waals surface area contributed by atoms with Crippen LogP contribution in [-0.4, -0.2) is 42.4 Å². The number of fused-ring (bicyclic) bond motifs is 1. The molecule has 4 nitrogen and oxygen atoms in total. The normalized spacial score (nSPS) is 19.1. The van der Waals surface area contributed by atoms with E-state index in [4.69, 9.17) is 0 Å². The molecule has 0 amide bonds. The molecule has 148 valence electrons. The second-order valence-electron chi connectivity index (χ2n) is 8.27. The first-order valence-corrected chi connectivity index (χ1v) is 11.8. The molecule has 1 aliphatic rings. The number of aromatic nitrogens is 1. The van der Waals surface area contributed by atoms with E-state index < -0.39 is 9.84 Å². The van der Waals surface area contributed by atoms with Gasteiger partial charge >= 0.3 is 0 Å². The van der Waals surface area contributed by atoms with Crippen LogP contribution in [-0.2, 0) is 16.4 Å². The van der Waals surface area contributed by atoms with Crippen molar-refractivity contribution in [2.45, 2.75) is 32.9 Å². The van der Waals surface area contributed by atoms with Crippen molar-refractivity contribution in [3.63, 3.8) is 0 Å². The number of benzene rings is 2. The lowest BCUT2D eigenvalue weighted by Crippen LogP contribution is -2.38. The zero-order chi connectivity index (χ0) is 19.7. The predicted octanol–water partition coefficient (Wildman–Crippen LogP) is 4.48. The van der Waals surface area contributed by atoms with Crippen molar-refractivity contribution in [3.05, 3.63) is 60.2 Å². The second kappa shape index (κ2) is 7.72. The number of hydrogen-bond donors (Lipinski definition) is 1. The molecule has 0 aliphatic carbocycles. The molecule has 5 heteroatoms. The molecule has 2 heterocycles. The Labute approximate surface area is 167 Å². The van der Waals surface area contributed by atoms with E-state index in [1.807, 2.05) is 12.1 Å². The van der Waals surface area contributed by atoms with E-state index in [-0.39, 0.29) is 11.8 Å². The first-order valence-electron chi connectivity index (χ1n) is 10.0. The highest BCUT2D eigenvalue weighted by atomic mass is 32.2. The van der Waals surface area contributed by atoms with E-state index in [2.05, 4.69) is 66.2 Å². The van der Waals surface area contributed by atoms with Crippen molar-refractivity contribution in [1.29, 1.82) is 0 Å². The van der Waals surface area contributed by atoms with Gasteiger partial charge in [0.25, 0.3) is 0 Å². The van der Waals surface area contributed by atoms with Gasteiger partial charge in [0, 0.05) is 30.0 Å². The molecule has 28 heavy (non-hydrogen) atoms. The van der Waals surface area contributed by atoms with Gasteiger partial charge in [-0.15, -0.1) is 0 Å². The van der Waals surface area contributed by atoms with Gasteiger partial charge in [0.1, 0.15) is 0 Å². The summed E-state index contributed by atoms with van der Waals surface area (Å²) in [7, 11) is -2.91. The molecule has 3 aromatic rings. The quantitative estimate of drug-likeness (QED) is 0.668. The number of hydrogen-bond acceptors (Lipinski definition) is 3. The lowest BCUT2D eigenvalue weighted by Gasteiger charge is -2.30. The molecule has 1 N–H and O–H groups in total. The second-order valence-corrected chi connectivity index (χ2v) is 10.5. The minimum absolute atomic E-state index is 0.102. The molecule has 1 fully saturated rings. The summed E-state index contributed by atoms with van der Waals surface area (Å²) < 4.78 is 24.2. The van der Waals surface area contributed by atoms with Crippen LogP contribution in [0.15, 0.2) is 54.6 Å². The molecule has 0 bridgehead atoms. The van der Waals surface area contributed by atoms with Gasteiger partial charge in [-0.3, -0.25) is 4.90 Å². The average molecular weight is 397 g/mol.